The van der Waals surface area contributed by atoms with Gasteiger partial charge in [0.2, 0.25) is 5.91 Å². The van der Waals surface area contributed by atoms with Crippen LogP contribution in [0.1, 0.15) is 19.3 Å². The van der Waals surface area contributed by atoms with Crippen LogP contribution in [-0.4, -0.2) is 42.4 Å². The summed E-state index contributed by atoms with van der Waals surface area (Å²) in [5.41, 5.74) is 0.461. The smallest absolute Gasteiger partial charge is 0.406 e. The summed E-state index contributed by atoms with van der Waals surface area (Å²) in [5, 5.41) is 0. The minimum absolute atomic E-state index is 0.0201. The number of amides is 1. The summed E-state index contributed by atoms with van der Waals surface area (Å²) < 4.78 is 42.6. The van der Waals surface area contributed by atoms with Crippen LogP contribution in [0.15, 0.2) is 23.9 Å². The van der Waals surface area contributed by atoms with Crippen molar-refractivity contribution in [2.24, 2.45) is 11.8 Å². The first-order valence-electron chi connectivity index (χ1n) is 7.05. The molecule has 2 rings (SSSR count). The quantitative estimate of drug-likeness (QED) is 0.742. The summed E-state index contributed by atoms with van der Waals surface area (Å²) in [5.74, 6) is -2.91. The van der Waals surface area contributed by atoms with Crippen LogP contribution in [0, 0.1) is 11.8 Å². The number of hydrogen-bond donors (Lipinski definition) is 0. The number of nitrogens with zero attached hydrogens (tertiary/aromatic N) is 1. The Bertz CT molecular complexity index is 580. The van der Waals surface area contributed by atoms with E-state index in [2.05, 4.69) is 4.74 Å². The lowest BCUT2D eigenvalue weighted by Gasteiger charge is -2.23. The molecule has 1 aliphatic carbocycles. The Hall–Kier alpha value is -2.12. The molecule has 23 heavy (non-hydrogen) atoms. The average molecular weight is 331 g/mol. The van der Waals surface area contributed by atoms with E-state index in [9.17, 15) is 27.6 Å². The zero-order valence-electron chi connectivity index (χ0n) is 12.4. The summed E-state index contributed by atoms with van der Waals surface area (Å²) in [6, 6.07) is 0. The van der Waals surface area contributed by atoms with Gasteiger partial charge in [0.05, 0.1) is 13.5 Å². The molecule has 5 nitrogen and oxygen atoms in total. The lowest BCUT2D eigenvalue weighted by atomic mass is 9.83. The number of halogens is 3. The van der Waals surface area contributed by atoms with Gasteiger partial charge in [-0.2, -0.15) is 13.2 Å². The van der Waals surface area contributed by atoms with Gasteiger partial charge in [-0.05, 0) is 18.1 Å². The minimum atomic E-state index is -4.57. The van der Waals surface area contributed by atoms with E-state index in [4.69, 9.17) is 0 Å². The van der Waals surface area contributed by atoms with Crippen molar-refractivity contribution in [3.05, 3.63) is 23.9 Å². The number of esters is 1. The first-order valence-corrected chi connectivity index (χ1v) is 7.05. The van der Waals surface area contributed by atoms with E-state index in [0.717, 1.165) is 13.3 Å². The normalized spacial score (nSPS) is 24.9. The third-order valence-electron chi connectivity index (χ3n) is 3.85. The third kappa shape index (κ3) is 4.43. The molecule has 2 atom stereocenters. The molecule has 1 heterocycles. The molecule has 0 saturated heterocycles. The van der Waals surface area contributed by atoms with Crippen molar-refractivity contribution in [1.29, 1.82) is 0 Å². The fourth-order valence-corrected chi connectivity index (χ4v) is 2.79. The second kappa shape index (κ2) is 6.55. The highest BCUT2D eigenvalue weighted by atomic mass is 19.4. The van der Waals surface area contributed by atoms with Crippen molar-refractivity contribution in [3.8, 4) is 0 Å². The highest BCUT2D eigenvalue weighted by Gasteiger charge is 2.39. The maximum atomic E-state index is 12.7. The van der Waals surface area contributed by atoms with E-state index < -0.39 is 30.5 Å². The van der Waals surface area contributed by atoms with Gasteiger partial charge < -0.3 is 9.64 Å². The topological polar surface area (TPSA) is 63.7 Å². The summed E-state index contributed by atoms with van der Waals surface area (Å²) in [7, 11) is 1.15. The van der Waals surface area contributed by atoms with Crippen LogP contribution in [0.4, 0.5) is 13.2 Å². The Balaban J connectivity index is 2.32. The zero-order valence-corrected chi connectivity index (χ0v) is 12.4. The van der Waals surface area contributed by atoms with Crippen LogP contribution >= 0.6 is 0 Å². The predicted molar refractivity (Wildman–Crippen MR) is 72.8 cm³/mol. The summed E-state index contributed by atoms with van der Waals surface area (Å²) in [6.45, 7) is -1.45. The van der Waals surface area contributed by atoms with Crippen molar-refractivity contribution < 1.29 is 32.3 Å². The van der Waals surface area contributed by atoms with Gasteiger partial charge in [0.15, 0.2) is 5.78 Å². The molecule has 2 aliphatic rings. The van der Waals surface area contributed by atoms with Crippen LogP contribution in [0.3, 0.4) is 0 Å². The third-order valence-corrected chi connectivity index (χ3v) is 3.85. The molecule has 1 aliphatic heterocycles. The molecule has 0 aromatic carbocycles. The van der Waals surface area contributed by atoms with Crippen LogP contribution in [0.5, 0.6) is 0 Å². The standard InChI is InChI=1S/C15H16F3NO4/c1-23-13(21)6-10-4-9-2-3-12(20)5-11(9)7-19(14(10)22)8-15(16,17)18/h2-3,7,9-10H,4-6,8H2,1H3. The van der Waals surface area contributed by atoms with E-state index in [1.54, 1.807) is 6.08 Å². The summed E-state index contributed by atoms with van der Waals surface area (Å²) in [6.07, 6.45) is -0.655. The number of rotatable bonds is 3. The number of ketones is 1. The molecule has 0 aromatic rings. The predicted octanol–water partition coefficient (Wildman–Crippen LogP) is 1.99. The fraction of sp³-hybridized carbons (Fsp3) is 0.533. The SMILES string of the molecule is COC(=O)CC1CC2C=CC(=O)CC2=CN(CC(F)(F)F)C1=O. The first kappa shape index (κ1) is 17.2. The molecule has 0 radical (unpaired) electrons. The number of carbonyl (C=O) groups excluding carboxylic acids is 3. The van der Waals surface area contributed by atoms with E-state index >= 15 is 0 Å². The zero-order chi connectivity index (χ0) is 17.2. The molecule has 0 spiro atoms. The van der Waals surface area contributed by atoms with Crippen LogP contribution in [0.25, 0.3) is 0 Å². The number of carbonyl (C=O) groups is 3. The van der Waals surface area contributed by atoms with E-state index in [0.29, 0.717) is 10.5 Å². The van der Waals surface area contributed by atoms with E-state index in [-0.39, 0.29) is 31.0 Å². The second-order valence-corrected chi connectivity index (χ2v) is 5.61. The maximum Gasteiger partial charge on any atom is 0.406 e. The van der Waals surface area contributed by atoms with Gasteiger partial charge in [-0.3, -0.25) is 14.4 Å². The van der Waals surface area contributed by atoms with Crippen LogP contribution < -0.4 is 0 Å². The number of fused-ring (bicyclic) bond motifs is 1. The Morgan fingerprint density at radius 2 is 2.09 bits per heavy atom. The molecule has 0 fully saturated rings. The highest BCUT2D eigenvalue weighted by Crippen LogP contribution is 2.34. The van der Waals surface area contributed by atoms with Crippen molar-refractivity contribution in [2.75, 3.05) is 13.7 Å². The molecule has 2 unspecified atom stereocenters. The lowest BCUT2D eigenvalue weighted by Crippen LogP contribution is -2.38. The van der Waals surface area contributed by atoms with Crippen LogP contribution in [-0.2, 0) is 19.1 Å². The fourth-order valence-electron chi connectivity index (χ4n) is 2.79. The molecular weight excluding hydrogens is 315 g/mol. The van der Waals surface area contributed by atoms with Crippen molar-refractivity contribution in [1.82, 2.24) is 4.90 Å². The molecule has 0 saturated carbocycles. The Morgan fingerprint density at radius 1 is 1.39 bits per heavy atom. The van der Waals surface area contributed by atoms with Gasteiger partial charge in [-0.15, -0.1) is 0 Å². The van der Waals surface area contributed by atoms with Crippen molar-refractivity contribution >= 4 is 17.7 Å². The molecule has 0 bridgehead atoms. The number of ether oxygens (including phenoxy) is 1. The number of methoxy groups -OCH3 is 1. The molecular formula is C15H16F3NO4. The van der Waals surface area contributed by atoms with Gasteiger partial charge >= 0.3 is 12.1 Å². The van der Waals surface area contributed by atoms with Gasteiger partial charge in [-0.1, -0.05) is 6.08 Å². The van der Waals surface area contributed by atoms with Gasteiger partial charge in [0.25, 0.3) is 0 Å². The van der Waals surface area contributed by atoms with Gasteiger partial charge in [-0.25, -0.2) is 0 Å². The lowest BCUT2D eigenvalue weighted by molar-refractivity contribution is -0.159. The number of hydrogen-bond acceptors (Lipinski definition) is 4. The monoisotopic (exact) mass is 331 g/mol. The minimum Gasteiger partial charge on any atom is -0.469 e. The average Bonchev–Trinajstić information content (AvgIpc) is 2.56. The molecule has 8 heteroatoms. The maximum absolute atomic E-state index is 12.7. The molecule has 126 valence electrons. The highest BCUT2D eigenvalue weighted by molar-refractivity contribution is 5.93. The van der Waals surface area contributed by atoms with Crippen molar-refractivity contribution in [3.63, 3.8) is 0 Å². The first-order chi connectivity index (χ1) is 10.7. The second-order valence-electron chi connectivity index (χ2n) is 5.61. The van der Waals surface area contributed by atoms with E-state index in [1.807, 2.05) is 0 Å². The Morgan fingerprint density at radius 3 is 2.70 bits per heavy atom. The Labute approximate surface area is 130 Å². The van der Waals surface area contributed by atoms with Gasteiger partial charge in [0.1, 0.15) is 6.54 Å². The number of allylic oxidation sites excluding steroid dienone is 3. The summed E-state index contributed by atoms with van der Waals surface area (Å²) in [4.78, 5) is 35.8. The van der Waals surface area contributed by atoms with E-state index in [1.165, 1.54) is 6.08 Å². The largest absolute Gasteiger partial charge is 0.469 e. The molecule has 0 aromatic heterocycles. The van der Waals surface area contributed by atoms with Crippen LogP contribution in [0.2, 0.25) is 0 Å². The molecule has 1 amide bonds. The molecule has 0 N–H and O–H groups in total. The Kier molecular flexibility index (Phi) is 4.91. The number of alkyl halides is 3. The summed E-state index contributed by atoms with van der Waals surface area (Å²) >= 11 is 0. The van der Waals surface area contributed by atoms with Crippen molar-refractivity contribution in [2.45, 2.75) is 25.4 Å². The van der Waals surface area contributed by atoms with Gasteiger partial charge in [0, 0.05) is 24.5 Å².